The van der Waals surface area contributed by atoms with Gasteiger partial charge in [0.25, 0.3) is 28.4 Å². The maximum absolute atomic E-state index is 11.6. The largest absolute Gasteiger partial charge is 0.496 e. The van der Waals surface area contributed by atoms with Crippen molar-refractivity contribution >= 4 is 85.6 Å². The van der Waals surface area contributed by atoms with Gasteiger partial charge in [-0.3, -0.25) is 69.7 Å². The van der Waals surface area contributed by atoms with E-state index in [1.54, 1.807) is 55.0 Å². The fourth-order valence-corrected chi connectivity index (χ4v) is 6.59. The smallest absolute Gasteiger partial charge is 0.271 e. The number of hydrogen-bond acceptors (Lipinski definition) is 21. The molecule has 5 aromatic carbocycles. The zero-order chi connectivity index (χ0) is 63.7. The highest BCUT2D eigenvalue weighted by Gasteiger charge is 2.20. The summed E-state index contributed by atoms with van der Waals surface area (Å²) < 4.78 is 25.2. The van der Waals surface area contributed by atoms with Crippen molar-refractivity contribution in [3.8, 4) is 28.7 Å². The third-order valence-electron chi connectivity index (χ3n) is 11.1. The van der Waals surface area contributed by atoms with Gasteiger partial charge in [0.2, 0.25) is 17.1 Å². The molecule has 0 bridgehead atoms. The number of rotatable bonds is 21. The van der Waals surface area contributed by atoms with Gasteiger partial charge >= 0.3 is 0 Å². The highest BCUT2D eigenvalue weighted by atomic mass is 35.5. The van der Waals surface area contributed by atoms with Crippen molar-refractivity contribution in [1.82, 2.24) is 0 Å². The van der Waals surface area contributed by atoms with E-state index in [0.29, 0.717) is 71.4 Å². The summed E-state index contributed by atoms with van der Waals surface area (Å²) in [7, 11) is 12.4. The van der Waals surface area contributed by atoms with Crippen molar-refractivity contribution in [2.24, 2.45) is 0 Å². The molecule has 452 valence electrons. The SMILES string of the molecule is CCC(=O)Cc1cc([N+](=O)[O-])ccc1OC.CCC(=O)Cl.CCC(=O)N(C)c1cc([N+](=O)[O-])ccc1OC.CCC(=O)N(C)c1cc([N+](=O)[O-])ccc1OC.CCCN(C)c1cc([N+](=O)[O-])ccc1OC.COc1ccc([N+](=O)[O-])cc1N. The molecular formula is C54H70ClN9O19. The number of methoxy groups -OCH3 is 5. The molecule has 0 aliphatic carbocycles. The van der Waals surface area contributed by atoms with Crippen molar-refractivity contribution in [2.45, 2.75) is 73.1 Å². The Morgan fingerprint density at radius 3 is 1.05 bits per heavy atom. The number of nitrogens with two attached hydrogens (primary N) is 1. The van der Waals surface area contributed by atoms with Gasteiger partial charge in [0.05, 0.1) is 82.9 Å². The van der Waals surface area contributed by atoms with E-state index in [1.165, 1.54) is 123 Å². The Balaban J connectivity index is 0.000000995. The maximum Gasteiger partial charge on any atom is 0.271 e. The molecule has 0 saturated carbocycles. The molecule has 0 atom stereocenters. The number of halogens is 1. The number of amides is 2. The Labute approximate surface area is 484 Å². The molecular weight excluding hydrogens is 1110 g/mol. The van der Waals surface area contributed by atoms with Crippen molar-refractivity contribution in [3.63, 3.8) is 0 Å². The third kappa shape index (κ3) is 24.7. The Hall–Kier alpha value is -9.73. The first-order valence-corrected chi connectivity index (χ1v) is 25.3. The first-order chi connectivity index (χ1) is 39.1. The molecule has 0 heterocycles. The lowest BCUT2D eigenvalue weighted by molar-refractivity contribution is -0.385. The second-order valence-corrected chi connectivity index (χ2v) is 17.0. The Morgan fingerprint density at radius 2 is 0.759 bits per heavy atom. The van der Waals surface area contributed by atoms with Crippen LogP contribution in [0.25, 0.3) is 0 Å². The van der Waals surface area contributed by atoms with Crippen LogP contribution in [0.3, 0.4) is 0 Å². The molecule has 5 aromatic rings. The molecule has 83 heavy (non-hydrogen) atoms. The lowest BCUT2D eigenvalue weighted by Crippen LogP contribution is -2.25. The predicted molar refractivity (Wildman–Crippen MR) is 314 cm³/mol. The van der Waals surface area contributed by atoms with Gasteiger partial charge in [-0.25, -0.2) is 0 Å². The number of non-ortho nitro benzene ring substituents is 5. The summed E-state index contributed by atoms with van der Waals surface area (Å²) in [5.41, 5.74) is 7.69. The quantitative estimate of drug-likeness (QED) is 0.0308. The average Bonchev–Trinajstić information content (AvgIpc) is 3.60. The number of anilines is 4. The van der Waals surface area contributed by atoms with Gasteiger partial charge in [-0.15, -0.1) is 0 Å². The van der Waals surface area contributed by atoms with Gasteiger partial charge in [-0.05, 0) is 48.4 Å². The molecule has 0 aromatic heterocycles. The minimum atomic E-state index is -0.507. The first-order valence-electron chi connectivity index (χ1n) is 24.9. The van der Waals surface area contributed by atoms with E-state index >= 15 is 0 Å². The molecule has 2 N–H and O–H groups in total. The highest BCUT2D eigenvalue weighted by Crippen LogP contribution is 2.34. The normalized spacial score (nSPS) is 9.66. The average molecular weight is 1180 g/mol. The van der Waals surface area contributed by atoms with Gasteiger partial charge < -0.3 is 44.1 Å². The Kier molecular flexibility index (Phi) is 33.6. The molecule has 0 spiro atoms. The maximum atomic E-state index is 11.6. The van der Waals surface area contributed by atoms with Crippen molar-refractivity contribution in [2.75, 3.05) is 83.7 Å². The minimum Gasteiger partial charge on any atom is -0.496 e. The second kappa shape index (κ2) is 38.0. The van der Waals surface area contributed by atoms with Gasteiger partial charge in [0, 0.05) is 126 Å². The number of nitrogen functional groups attached to an aromatic ring is 1. The zero-order valence-corrected chi connectivity index (χ0v) is 49.2. The molecule has 2 amide bonds. The standard InChI is InChI=1S/2C11H14N2O4.C11H16N2O3.C11H13NO4.C7H8N2O3.C3H5ClO/c2*1-4-11(14)12(2)9-7-8(13(15)16)5-6-10(9)17-3;1-4-7-12(2)10-8-9(13(14)15)5-6-11(10)16-3;1-3-10(13)7-8-6-9(12(14)15)4-5-11(8)16-2;1-12-7-3-2-5(9(10)11)4-6(7)8;1-2-3(4)5/h2*5-7H,4H2,1-3H3;5-6,8H,4,7H2,1-3H3;4-6H,3,7H2,1-2H3;2-4H,8H2,1H3;2H2,1H3. The van der Waals surface area contributed by atoms with Gasteiger partial charge in [-0.1, -0.05) is 34.6 Å². The summed E-state index contributed by atoms with van der Waals surface area (Å²) in [6, 6.07) is 21.2. The summed E-state index contributed by atoms with van der Waals surface area (Å²) in [5, 5.41) is 52.6. The van der Waals surface area contributed by atoms with E-state index < -0.39 is 24.6 Å². The van der Waals surface area contributed by atoms with Crippen LogP contribution in [0.2, 0.25) is 0 Å². The van der Waals surface area contributed by atoms with E-state index in [9.17, 15) is 69.7 Å². The van der Waals surface area contributed by atoms with Crippen LogP contribution in [0, 0.1) is 50.6 Å². The summed E-state index contributed by atoms with van der Waals surface area (Å²) in [6.45, 7) is 9.81. The number of carbonyl (C=O) groups excluding carboxylic acids is 4. The number of carbonyl (C=O) groups is 4. The summed E-state index contributed by atoms with van der Waals surface area (Å²) in [4.78, 5) is 99.1. The van der Waals surface area contributed by atoms with Crippen LogP contribution in [-0.4, -0.2) is 111 Å². The van der Waals surface area contributed by atoms with Gasteiger partial charge in [0.1, 0.15) is 34.5 Å². The van der Waals surface area contributed by atoms with Gasteiger partial charge in [-0.2, -0.15) is 0 Å². The second-order valence-electron chi connectivity index (χ2n) is 16.6. The molecule has 29 heteroatoms. The molecule has 0 fully saturated rings. The number of ether oxygens (including phenoxy) is 5. The predicted octanol–water partition coefficient (Wildman–Crippen LogP) is 10.9. The summed E-state index contributed by atoms with van der Waals surface area (Å²) in [5.74, 6) is 2.22. The summed E-state index contributed by atoms with van der Waals surface area (Å²) in [6.07, 6.45) is 2.63. The zero-order valence-electron chi connectivity index (χ0n) is 48.4. The third-order valence-corrected chi connectivity index (χ3v) is 11.4. The van der Waals surface area contributed by atoms with Crippen LogP contribution in [0.5, 0.6) is 28.7 Å². The van der Waals surface area contributed by atoms with Crippen molar-refractivity contribution in [3.05, 3.63) is 147 Å². The number of nitro benzene ring substituents is 5. The van der Waals surface area contributed by atoms with Crippen molar-refractivity contribution < 1.29 is 67.5 Å². The number of nitrogens with zero attached hydrogens (tertiary/aromatic N) is 8. The molecule has 5 rings (SSSR count). The number of benzene rings is 5. The molecule has 0 aliphatic rings. The Morgan fingerprint density at radius 1 is 0.458 bits per heavy atom. The molecule has 28 nitrogen and oxygen atoms in total. The van der Waals surface area contributed by atoms with Crippen LogP contribution in [0.1, 0.15) is 72.3 Å². The van der Waals surface area contributed by atoms with E-state index in [-0.39, 0.29) is 63.4 Å². The monoisotopic (exact) mass is 1180 g/mol. The number of Topliss-reactive ketones (excluding diaryl/α,β-unsaturated/α-hetero) is 1. The number of nitro groups is 5. The van der Waals surface area contributed by atoms with Crippen LogP contribution >= 0.6 is 11.6 Å². The number of hydrogen-bond donors (Lipinski definition) is 1. The van der Waals surface area contributed by atoms with E-state index in [4.69, 9.17) is 41.0 Å². The van der Waals surface area contributed by atoms with Crippen LogP contribution in [0.4, 0.5) is 51.2 Å². The van der Waals surface area contributed by atoms with E-state index in [2.05, 4.69) is 6.92 Å². The van der Waals surface area contributed by atoms with Crippen LogP contribution in [0.15, 0.2) is 91.0 Å². The fourth-order valence-electron chi connectivity index (χ4n) is 6.59. The topological polar surface area (TPSA) is 366 Å². The van der Waals surface area contributed by atoms with Gasteiger partial charge in [0.15, 0.2) is 0 Å². The number of ketones is 1. The van der Waals surface area contributed by atoms with Crippen LogP contribution in [-0.2, 0) is 25.6 Å². The molecule has 0 saturated heterocycles. The molecule has 0 radical (unpaired) electrons. The van der Waals surface area contributed by atoms with Crippen LogP contribution < -0.4 is 44.1 Å². The first kappa shape index (κ1) is 73.3. The lowest BCUT2D eigenvalue weighted by atomic mass is 10.1. The molecule has 0 aliphatic heterocycles. The minimum absolute atomic E-state index is 0.0267. The van der Waals surface area contributed by atoms with Crippen molar-refractivity contribution in [1.29, 1.82) is 0 Å². The lowest BCUT2D eigenvalue weighted by Gasteiger charge is -2.20. The summed E-state index contributed by atoms with van der Waals surface area (Å²) >= 11 is 4.82. The highest BCUT2D eigenvalue weighted by molar-refractivity contribution is 6.63. The molecule has 0 unspecified atom stereocenters. The Bertz CT molecular complexity index is 2940. The van der Waals surface area contributed by atoms with E-state index in [1.807, 2.05) is 11.9 Å². The van der Waals surface area contributed by atoms with E-state index in [0.717, 1.165) is 18.7 Å². The fraction of sp³-hybridized carbons (Fsp3) is 0.370.